The van der Waals surface area contributed by atoms with Crippen molar-refractivity contribution in [2.45, 2.75) is 30.9 Å². The van der Waals surface area contributed by atoms with Crippen molar-refractivity contribution >= 4 is 11.3 Å². The Hall–Kier alpha value is -0.380. The van der Waals surface area contributed by atoms with Crippen LogP contribution >= 0.6 is 11.3 Å². The van der Waals surface area contributed by atoms with Crippen LogP contribution in [-0.4, -0.2) is 16.7 Å². The van der Waals surface area contributed by atoms with Crippen molar-refractivity contribution in [2.75, 3.05) is 0 Å². The van der Waals surface area contributed by atoms with Gasteiger partial charge in [0, 0.05) is 12.5 Å². The zero-order chi connectivity index (χ0) is 8.60. The molecule has 66 valence electrons. The Labute approximate surface area is 76.0 Å². The minimum atomic E-state index is -0.500. The van der Waals surface area contributed by atoms with Gasteiger partial charge >= 0.3 is 0 Å². The van der Waals surface area contributed by atoms with Crippen molar-refractivity contribution in [2.24, 2.45) is 5.73 Å². The first-order valence-electron chi connectivity index (χ1n) is 4.17. The summed E-state index contributed by atoms with van der Waals surface area (Å²) < 4.78 is 0. The van der Waals surface area contributed by atoms with Crippen LogP contribution in [0.1, 0.15) is 18.4 Å². The molecule has 0 aromatic carbocycles. The number of rotatable bonds is 2. The fourth-order valence-electron chi connectivity index (χ4n) is 1.83. The summed E-state index contributed by atoms with van der Waals surface area (Å²) in [5.41, 5.74) is 6.36. The van der Waals surface area contributed by atoms with Gasteiger partial charge in [0.05, 0.1) is 5.60 Å². The van der Waals surface area contributed by atoms with Crippen molar-refractivity contribution in [3.8, 4) is 0 Å². The molecule has 3 N–H and O–H groups in total. The van der Waals surface area contributed by atoms with Gasteiger partial charge in [-0.3, -0.25) is 0 Å². The summed E-state index contributed by atoms with van der Waals surface area (Å²) in [7, 11) is 0. The Bertz CT molecular complexity index is 252. The molecule has 0 saturated heterocycles. The summed E-state index contributed by atoms with van der Waals surface area (Å²) in [5, 5.41) is 14.0. The van der Waals surface area contributed by atoms with Crippen LogP contribution < -0.4 is 5.73 Å². The normalized spacial score (nSPS) is 34.7. The first-order chi connectivity index (χ1) is 5.68. The lowest BCUT2D eigenvalue weighted by Crippen LogP contribution is -2.52. The first-order valence-corrected chi connectivity index (χ1v) is 5.11. The molecule has 0 atom stereocenters. The van der Waals surface area contributed by atoms with E-state index in [1.807, 2.05) is 5.38 Å². The van der Waals surface area contributed by atoms with E-state index in [1.54, 1.807) is 11.3 Å². The SMILES string of the molecule is NC1CC(O)(Cc2ccsc2)C1. The van der Waals surface area contributed by atoms with Crippen molar-refractivity contribution < 1.29 is 5.11 Å². The van der Waals surface area contributed by atoms with Crippen LogP contribution in [0.2, 0.25) is 0 Å². The van der Waals surface area contributed by atoms with E-state index in [0.29, 0.717) is 0 Å². The van der Waals surface area contributed by atoms with E-state index in [1.165, 1.54) is 5.56 Å². The van der Waals surface area contributed by atoms with Gasteiger partial charge in [-0.25, -0.2) is 0 Å². The van der Waals surface area contributed by atoms with Crippen LogP contribution in [0.3, 0.4) is 0 Å². The third-order valence-corrected chi connectivity index (χ3v) is 3.13. The number of hydrogen-bond acceptors (Lipinski definition) is 3. The van der Waals surface area contributed by atoms with E-state index < -0.39 is 5.60 Å². The van der Waals surface area contributed by atoms with Crippen LogP contribution in [0.25, 0.3) is 0 Å². The second kappa shape index (κ2) is 2.83. The van der Waals surface area contributed by atoms with Gasteiger partial charge in [-0.05, 0) is 35.2 Å². The van der Waals surface area contributed by atoms with Gasteiger partial charge in [-0.1, -0.05) is 0 Å². The number of hydrogen-bond donors (Lipinski definition) is 2. The fraction of sp³-hybridized carbons (Fsp3) is 0.556. The molecule has 12 heavy (non-hydrogen) atoms. The molecule has 2 rings (SSSR count). The molecule has 0 amide bonds. The molecule has 0 bridgehead atoms. The Balaban J connectivity index is 1.96. The smallest absolute Gasteiger partial charge is 0.0717 e. The standard InChI is InChI=1S/C9H13NOS/c10-8-4-9(11,5-8)3-7-1-2-12-6-7/h1-2,6,8,11H,3-5,10H2. The van der Waals surface area contributed by atoms with Gasteiger partial charge in [-0.15, -0.1) is 0 Å². The minimum Gasteiger partial charge on any atom is -0.389 e. The van der Waals surface area contributed by atoms with Crippen molar-refractivity contribution in [1.82, 2.24) is 0 Å². The van der Waals surface area contributed by atoms with E-state index in [9.17, 15) is 5.11 Å². The maximum absolute atomic E-state index is 9.88. The van der Waals surface area contributed by atoms with Crippen LogP contribution in [0.4, 0.5) is 0 Å². The van der Waals surface area contributed by atoms with Crippen LogP contribution in [-0.2, 0) is 6.42 Å². The zero-order valence-electron chi connectivity index (χ0n) is 6.86. The summed E-state index contributed by atoms with van der Waals surface area (Å²) >= 11 is 1.67. The van der Waals surface area contributed by atoms with Gasteiger partial charge in [-0.2, -0.15) is 11.3 Å². The van der Waals surface area contributed by atoms with E-state index in [0.717, 1.165) is 19.3 Å². The lowest BCUT2D eigenvalue weighted by molar-refractivity contribution is -0.0454. The zero-order valence-corrected chi connectivity index (χ0v) is 7.68. The van der Waals surface area contributed by atoms with Crippen LogP contribution in [0, 0.1) is 0 Å². The third kappa shape index (κ3) is 1.53. The average molecular weight is 183 g/mol. The highest BCUT2D eigenvalue weighted by molar-refractivity contribution is 7.07. The average Bonchev–Trinajstić information content (AvgIpc) is 2.36. The van der Waals surface area contributed by atoms with Gasteiger partial charge in [0.15, 0.2) is 0 Å². The lowest BCUT2D eigenvalue weighted by Gasteiger charge is -2.41. The maximum Gasteiger partial charge on any atom is 0.0717 e. The highest BCUT2D eigenvalue weighted by atomic mass is 32.1. The first kappa shape index (κ1) is 8.23. The molecule has 1 saturated carbocycles. The maximum atomic E-state index is 9.88. The number of aliphatic hydroxyl groups is 1. The van der Waals surface area contributed by atoms with Gasteiger partial charge in [0.1, 0.15) is 0 Å². The molecule has 0 unspecified atom stereocenters. The summed E-state index contributed by atoms with van der Waals surface area (Å²) in [6, 6.07) is 2.28. The fourth-order valence-corrected chi connectivity index (χ4v) is 2.50. The molecule has 1 aromatic rings. The number of nitrogens with two attached hydrogens (primary N) is 1. The molecule has 1 aliphatic rings. The molecule has 0 aliphatic heterocycles. The molecule has 0 spiro atoms. The lowest BCUT2D eigenvalue weighted by atomic mass is 9.73. The quantitative estimate of drug-likeness (QED) is 0.722. The predicted octanol–water partition coefficient (Wildman–Crippen LogP) is 1.14. The molecule has 0 radical (unpaired) electrons. The molecule has 1 aliphatic carbocycles. The number of thiophene rings is 1. The van der Waals surface area contributed by atoms with Crippen molar-refractivity contribution in [3.63, 3.8) is 0 Å². The van der Waals surface area contributed by atoms with E-state index in [-0.39, 0.29) is 6.04 Å². The molecule has 1 fully saturated rings. The summed E-state index contributed by atoms with van der Waals surface area (Å²) in [6.45, 7) is 0. The van der Waals surface area contributed by atoms with Crippen LogP contribution in [0.5, 0.6) is 0 Å². The predicted molar refractivity (Wildman–Crippen MR) is 50.2 cm³/mol. The topological polar surface area (TPSA) is 46.2 Å². The Kier molecular flexibility index (Phi) is 1.94. The largest absolute Gasteiger partial charge is 0.389 e. The monoisotopic (exact) mass is 183 g/mol. The van der Waals surface area contributed by atoms with Crippen molar-refractivity contribution in [3.05, 3.63) is 22.4 Å². The third-order valence-electron chi connectivity index (χ3n) is 2.40. The Morgan fingerprint density at radius 1 is 1.67 bits per heavy atom. The minimum absolute atomic E-state index is 0.216. The molecule has 1 aromatic heterocycles. The van der Waals surface area contributed by atoms with Crippen molar-refractivity contribution in [1.29, 1.82) is 0 Å². The second-order valence-corrected chi connectivity index (χ2v) is 4.48. The highest BCUT2D eigenvalue weighted by Gasteiger charge is 2.40. The molecule has 1 heterocycles. The van der Waals surface area contributed by atoms with E-state index in [2.05, 4.69) is 11.4 Å². The highest BCUT2D eigenvalue weighted by Crippen LogP contribution is 2.34. The molecular weight excluding hydrogens is 170 g/mol. The summed E-state index contributed by atoms with van der Waals surface area (Å²) in [4.78, 5) is 0. The van der Waals surface area contributed by atoms with E-state index in [4.69, 9.17) is 5.73 Å². The second-order valence-electron chi connectivity index (χ2n) is 3.70. The Morgan fingerprint density at radius 2 is 2.42 bits per heavy atom. The summed E-state index contributed by atoms with van der Waals surface area (Å²) in [5.74, 6) is 0. The van der Waals surface area contributed by atoms with Crippen LogP contribution in [0.15, 0.2) is 16.8 Å². The van der Waals surface area contributed by atoms with Gasteiger partial charge < -0.3 is 10.8 Å². The van der Waals surface area contributed by atoms with Gasteiger partial charge in [0.25, 0.3) is 0 Å². The van der Waals surface area contributed by atoms with Gasteiger partial charge in [0.2, 0.25) is 0 Å². The van der Waals surface area contributed by atoms with E-state index >= 15 is 0 Å². The summed E-state index contributed by atoms with van der Waals surface area (Å²) in [6.07, 6.45) is 2.27. The molecule has 3 heteroatoms. The molecule has 2 nitrogen and oxygen atoms in total. The molecular formula is C9H13NOS. The Morgan fingerprint density at radius 3 is 2.92 bits per heavy atom.